The second-order valence-electron chi connectivity index (χ2n) is 7.53. The molecule has 0 saturated heterocycles. The van der Waals surface area contributed by atoms with Gasteiger partial charge in [-0.2, -0.15) is 0 Å². The molecule has 3 atom stereocenters. The predicted octanol–water partition coefficient (Wildman–Crippen LogP) is 3.25. The fourth-order valence-electron chi connectivity index (χ4n) is 3.34. The maximum Gasteiger partial charge on any atom is 0.257 e. The zero-order valence-corrected chi connectivity index (χ0v) is 18.3. The summed E-state index contributed by atoms with van der Waals surface area (Å²) in [5.74, 6) is 0.471. The van der Waals surface area contributed by atoms with E-state index in [9.17, 15) is 13.2 Å². The quantitative estimate of drug-likeness (QED) is 0.714. The smallest absolute Gasteiger partial charge is 0.257 e. The molecule has 2 aromatic rings. The standard InChI is InChI=1S/C19H27N3O4S2/c1-12-7-5-6-8-15(12)20-18(23)13(2)27-19-21-16-11-14(9-10-17(16)26-19)28(24,25)22(3)4/h9-13,15H,5-8H2,1-4H3,(H,20,23)/t12-,13-,15-/m1/s1. The van der Waals surface area contributed by atoms with E-state index >= 15 is 0 Å². The number of carbonyl (C=O) groups excluding carboxylic acids is 1. The summed E-state index contributed by atoms with van der Waals surface area (Å²) in [7, 11) is -0.570. The van der Waals surface area contributed by atoms with Crippen molar-refractivity contribution in [3.05, 3.63) is 18.2 Å². The molecule has 1 heterocycles. The summed E-state index contributed by atoms with van der Waals surface area (Å²) in [5, 5.41) is 3.15. The van der Waals surface area contributed by atoms with E-state index in [2.05, 4.69) is 17.2 Å². The van der Waals surface area contributed by atoms with Gasteiger partial charge in [-0.3, -0.25) is 4.79 Å². The molecule has 154 valence electrons. The number of carbonyl (C=O) groups is 1. The Morgan fingerprint density at radius 1 is 1.32 bits per heavy atom. The van der Waals surface area contributed by atoms with Crippen molar-refractivity contribution >= 4 is 38.8 Å². The second-order valence-corrected chi connectivity index (χ2v) is 11.0. The first-order valence-corrected chi connectivity index (χ1v) is 11.8. The van der Waals surface area contributed by atoms with Crippen LogP contribution in [0, 0.1) is 5.92 Å². The van der Waals surface area contributed by atoms with E-state index in [1.54, 1.807) is 6.07 Å². The fourth-order valence-corrected chi connectivity index (χ4v) is 5.03. The Kier molecular flexibility index (Phi) is 6.36. The van der Waals surface area contributed by atoms with Gasteiger partial charge in [0.15, 0.2) is 5.58 Å². The van der Waals surface area contributed by atoms with E-state index in [1.807, 2.05) is 6.92 Å². The molecule has 3 rings (SSSR count). The number of oxazole rings is 1. The minimum absolute atomic E-state index is 0.0260. The molecule has 0 spiro atoms. The van der Waals surface area contributed by atoms with E-state index in [0.29, 0.717) is 22.2 Å². The summed E-state index contributed by atoms with van der Waals surface area (Å²) in [6, 6.07) is 4.81. The van der Waals surface area contributed by atoms with Crippen molar-refractivity contribution < 1.29 is 17.6 Å². The molecule has 1 aromatic heterocycles. The summed E-state index contributed by atoms with van der Waals surface area (Å²) in [4.78, 5) is 17.1. The van der Waals surface area contributed by atoms with Crippen LogP contribution in [0.4, 0.5) is 0 Å². The molecule has 1 N–H and O–H groups in total. The van der Waals surface area contributed by atoms with Crippen molar-refractivity contribution in [2.75, 3.05) is 14.1 Å². The van der Waals surface area contributed by atoms with Gasteiger partial charge in [0.05, 0.1) is 10.1 Å². The number of thioether (sulfide) groups is 1. The van der Waals surface area contributed by atoms with E-state index in [1.165, 1.54) is 44.4 Å². The summed E-state index contributed by atoms with van der Waals surface area (Å²) in [5.41, 5.74) is 0.952. The van der Waals surface area contributed by atoms with Crippen molar-refractivity contribution in [3.8, 4) is 0 Å². The number of sulfonamides is 1. The lowest BCUT2D eigenvalue weighted by atomic mass is 9.86. The molecule has 1 aliphatic carbocycles. The van der Waals surface area contributed by atoms with Gasteiger partial charge in [-0.25, -0.2) is 17.7 Å². The Labute approximate surface area is 170 Å². The Morgan fingerprint density at radius 2 is 2.04 bits per heavy atom. The molecule has 1 aliphatic rings. The zero-order chi connectivity index (χ0) is 20.5. The average molecular weight is 426 g/mol. The third-order valence-corrected chi connectivity index (χ3v) is 7.96. The summed E-state index contributed by atoms with van der Waals surface area (Å²) < 4.78 is 31.4. The van der Waals surface area contributed by atoms with Crippen LogP contribution >= 0.6 is 11.8 Å². The monoisotopic (exact) mass is 425 g/mol. The molecule has 1 saturated carbocycles. The molecule has 1 amide bonds. The first-order chi connectivity index (χ1) is 13.2. The largest absolute Gasteiger partial charge is 0.431 e. The Bertz CT molecular complexity index is 955. The van der Waals surface area contributed by atoms with Gasteiger partial charge in [0, 0.05) is 20.1 Å². The number of amides is 1. The fraction of sp³-hybridized carbons (Fsp3) is 0.579. The highest BCUT2D eigenvalue weighted by atomic mass is 32.2. The maximum atomic E-state index is 12.6. The molecular weight excluding hydrogens is 398 g/mol. The Morgan fingerprint density at radius 3 is 2.71 bits per heavy atom. The molecule has 0 aliphatic heterocycles. The van der Waals surface area contributed by atoms with Crippen molar-refractivity contribution in [2.45, 2.75) is 60.9 Å². The van der Waals surface area contributed by atoms with Crippen LogP contribution in [-0.4, -0.2) is 49.0 Å². The Hall–Kier alpha value is -1.58. The summed E-state index contributed by atoms with van der Waals surface area (Å²) >= 11 is 1.24. The molecule has 0 radical (unpaired) electrons. The lowest BCUT2D eigenvalue weighted by Gasteiger charge is -2.30. The van der Waals surface area contributed by atoms with E-state index in [-0.39, 0.29) is 22.1 Å². The van der Waals surface area contributed by atoms with Gasteiger partial charge >= 0.3 is 0 Å². The number of nitrogens with zero attached hydrogens (tertiary/aromatic N) is 2. The highest BCUT2D eigenvalue weighted by Crippen LogP contribution is 2.29. The number of nitrogens with one attached hydrogen (secondary N) is 1. The second kappa shape index (κ2) is 8.42. The maximum absolute atomic E-state index is 12.6. The number of hydrogen-bond donors (Lipinski definition) is 1. The number of fused-ring (bicyclic) bond motifs is 1. The highest BCUT2D eigenvalue weighted by molar-refractivity contribution is 8.00. The molecule has 0 unspecified atom stereocenters. The average Bonchev–Trinajstić information content (AvgIpc) is 3.04. The van der Waals surface area contributed by atoms with Gasteiger partial charge in [-0.1, -0.05) is 31.5 Å². The zero-order valence-electron chi connectivity index (χ0n) is 16.6. The summed E-state index contributed by atoms with van der Waals surface area (Å²) in [6.07, 6.45) is 4.55. The molecule has 28 heavy (non-hydrogen) atoms. The van der Waals surface area contributed by atoms with Crippen LogP contribution in [0.15, 0.2) is 32.7 Å². The van der Waals surface area contributed by atoms with Crippen LogP contribution in [0.2, 0.25) is 0 Å². The van der Waals surface area contributed by atoms with Crippen LogP contribution in [0.25, 0.3) is 11.1 Å². The molecule has 7 nitrogen and oxygen atoms in total. The number of benzene rings is 1. The van der Waals surface area contributed by atoms with E-state index in [0.717, 1.165) is 23.6 Å². The lowest BCUT2D eigenvalue weighted by Crippen LogP contribution is -2.44. The molecule has 1 aromatic carbocycles. The molecular formula is C19H27N3O4S2. The topological polar surface area (TPSA) is 92.5 Å². The van der Waals surface area contributed by atoms with Gasteiger partial charge in [0.2, 0.25) is 15.9 Å². The normalized spacial score (nSPS) is 21.8. The van der Waals surface area contributed by atoms with Gasteiger partial charge < -0.3 is 9.73 Å². The van der Waals surface area contributed by atoms with Gasteiger partial charge in [-0.05, 0) is 43.9 Å². The van der Waals surface area contributed by atoms with E-state index in [4.69, 9.17) is 4.42 Å². The minimum atomic E-state index is -3.54. The third-order valence-electron chi connectivity index (χ3n) is 5.20. The van der Waals surface area contributed by atoms with Crippen LogP contribution in [0.5, 0.6) is 0 Å². The lowest BCUT2D eigenvalue weighted by molar-refractivity contribution is -0.121. The first-order valence-electron chi connectivity index (χ1n) is 9.48. The predicted molar refractivity (Wildman–Crippen MR) is 110 cm³/mol. The van der Waals surface area contributed by atoms with Crippen LogP contribution in [0.1, 0.15) is 39.5 Å². The van der Waals surface area contributed by atoms with Crippen molar-refractivity contribution in [1.82, 2.24) is 14.6 Å². The van der Waals surface area contributed by atoms with Crippen molar-refractivity contribution in [1.29, 1.82) is 0 Å². The number of aromatic nitrogens is 1. The number of rotatable bonds is 6. The van der Waals surface area contributed by atoms with Gasteiger partial charge in [0.25, 0.3) is 5.22 Å². The molecule has 0 bridgehead atoms. The number of hydrogen-bond acceptors (Lipinski definition) is 6. The highest BCUT2D eigenvalue weighted by Gasteiger charge is 2.26. The third kappa shape index (κ3) is 4.52. The molecule has 1 fully saturated rings. The van der Waals surface area contributed by atoms with Crippen LogP contribution < -0.4 is 5.32 Å². The first kappa shape index (κ1) is 21.1. The van der Waals surface area contributed by atoms with Crippen molar-refractivity contribution in [2.24, 2.45) is 5.92 Å². The SMILES string of the molecule is C[C@@H]1CCCC[C@H]1NC(=O)[C@@H](C)Sc1nc2cc(S(=O)(=O)N(C)C)ccc2o1. The Balaban J connectivity index is 1.70. The van der Waals surface area contributed by atoms with Gasteiger partial charge in [-0.15, -0.1) is 0 Å². The molecule has 9 heteroatoms. The summed E-state index contributed by atoms with van der Waals surface area (Å²) in [6.45, 7) is 4.01. The van der Waals surface area contributed by atoms with Crippen LogP contribution in [0.3, 0.4) is 0 Å². The van der Waals surface area contributed by atoms with Gasteiger partial charge in [0.1, 0.15) is 5.52 Å². The van der Waals surface area contributed by atoms with Crippen molar-refractivity contribution in [3.63, 3.8) is 0 Å². The van der Waals surface area contributed by atoms with Crippen LogP contribution in [-0.2, 0) is 14.8 Å². The minimum Gasteiger partial charge on any atom is -0.431 e. The van der Waals surface area contributed by atoms with E-state index < -0.39 is 10.0 Å².